The average Bonchev–Trinajstić information content (AvgIpc) is 1.68. The van der Waals surface area contributed by atoms with Crippen molar-refractivity contribution in [3.8, 4) is 11.9 Å². The number of nitrogens with zero attached hydrogens (tertiary/aromatic N) is 8. The molecule has 0 radical (unpaired) electrons. The highest BCUT2D eigenvalue weighted by Gasteiger charge is 2.56. The van der Waals surface area contributed by atoms with Gasteiger partial charge in [-0.05, 0) is 309 Å². The molecule has 135 heavy (non-hydrogen) atoms. The molecule has 11 amide bonds. The molecule has 0 bridgehead atoms. The van der Waals surface area contributed by atoms with Gasteiger partial charge in [0.2, 0.25) is 11.8 Å². The third-order valence-corrected chi connectivity index (χ3v) is 27.6. The van der Waals surface area contributed by atoms with Gasteiger partial charge in [0.15, 0.2) is 0 Å². The number of carbonyl (C=O) groups excluding carboxylic acids is 11. The van der Waals surface area contributed by atoms with Crippen LogP contribution in [0.25, 0.3) is 5.41 Å². The van der Waals surface area contributed by atoms with E-state index in [-0.39, 0.29) is 108 Å². The number of amides is 11. The minimum Gasteiger partial charge on any atom is -1.00 e. The van der Waals surface area contributed by atoms with Crippen molar-refractivity contribution in [3.63, 3.8) is 0 Å². The zero-order valence-electron chi connectivity index (χ0n) is 81.6. The Balaban J connectivity index is 0.000000291. The summed E-state index contributed by atoms with van der Waals surface area (Å²) in [5, 5.41) is 23.4. The van der Waals surface area contributed by atoms with Gasteiger partial charge >= 0.3 is 12.4 Å². The molecule has 23 nitrogen and oxygen atoms in total. The van der Waals surface area contributed by atoms with Crippen LogP contribution in [0.15, 0.2) is 139 Å². The standard InChI is InChI=1S/2C21H15F3N2O4.C18H26N2O2S.C18H28N2O2.2C12H18.C2N3.ClH/c2*1-20(21(22,23)24,10-4-6-12-14(8-10)18(29)25(2)16(12)27)11-5-7-13-15(9-11)19(30)26(3)17(13)28;1-5-17(21)19-7-6-9-23(4)10-8-20-18(22)16-12-14(2)11-15(3)13-16;1-6-18(21)19-10-7-11-20(4,5)12-13-22-17-9-8-15(2)14-16(17)3;2*1-7-8(2)10(4)12(6)11(5)9(7)3;3-1-5-2-4;/h2*4-9H,1-3H3;5,11-13H,1,6-10H2,2-4H3,(H-,19,20,21,22);6,8-9,14H,1,7,10-13H2,2-5H3;2*1-6H3;;1H/q;;;;;;-1;/p+1. The maximum absolute atomic E-state index is 14.4. The Hall–Kier alpha value is -12.9. The number of hydrogen-bond acceptors (Lipinski definition) is 14. The highest BCUT2D eigenvalue weighted by atomic mass is 35.5. The van der Waals surface area contributed by atoms with Gasteiger partial charge in [-0.15, -0.1) is 6.01 Å². The summed E-state index contributed by atoms with van der Waals surface area (Å²) in [6.07, 6.45) is -1.65. The van der Waals surface area contributed by atoms with Crippen LogP contribution in [0.3, 0.4) is 0 Å². The summed E-state index contributed by atoms with van der Waals surface area (Å²) >= 11 is 0. The van der Waals surface area contributed by atoms with Gasteiger partial charge in [-0.25, -0.2) is 0 Å². The fraction of sp³-hybridized carbons (Fsp3) is 0.375. The van der Waals surface area contributed by atoms with E-state index in [0.717, 1.165) is 146 Å². The largest absolute Gasteiger partial charge is 1.00 e. The molecule has 12 rings (SSSR count). The molecule has 0 fully saturated rings. The first kappa shape index (κ1) is 113. The Kier molecular flexibility index (Phi) is 39.4. The molecule has 720 valence electrons. The number of fused-ring (bicyclic) bond motifs is 4. The maximum Gasteiger partial charge on any atom is 0.402 e. The first-order valence-corrected chi connectivity index (χ1v) is 45.2. The van der Waals surface area contributed by atoms with Crippen molar-refractivity contribution >= 4 is 81.9 Å². The molecule has 1 atom stereocenters. The zero-order valence-corrected chi connectivity index (χ0v) is 83.1. The van der Waals surface area contributed by atoms with Gasteiger partial charge in [-0.3, -0.25) is 72.3 Å². The predicted octanol–water partition coefficient (Wildman–Crippen LogP) is 14.7. The fourth-order valence-corrected chi connectivity index (χ4v) is 16.9. The van der Waals surface area contributed by atoms with E-state index in [2.05, 4.69) is 170 Å². The van der Waals surface area contributed by atoms with Crippen LogP contribution in [0.2, 0.25) is 0 Å². The molecule has 1 unspecified atom stereocenters. The number of imide groups is 4. The Labute approximate surface area is 797 Å². The molecule has 8 aromatic carbocycles. The number of hydrogen-bond donors (Lipinski definition) is 3. The monoisotopic (exact) mass is 1900 g/mol. The summed E-state index contributed by atoms with van der Waals surface area (Å²) in [7, 11) is 9.63. The Morgan fingerprint density at radius 1 is 0.437 bits per heavy atom. The summed E-state index contributed by atoms with van der Waals surface area (Å²) in [6.45, 7) is 48.1. The Morgan fingerprint density at radius 3 is 1.01 bits per heavy atom. The Morgan fingerprint density at radius 2 is 0.741 bits per heavy atom. The molecule has 0 saturated heterocycles. The minimum atomic E-state index is -4.80. The smallest absolute Gasteiger partial charge is 0.402 e. The molecule has 0 aromatic heterocycles. The molecule has 31 heteroatoms. The SMILES string of the molecule is C=CC(=O)NCCC[N+](C)(C)CCOc1ccc(C)cc1C.C=CC(=O)NCCC[S+](C)CCNC(=O)c1cc(C)cc(C)c1.CN1C(=O)c2ccc(C(C)(c3ccc4c(c3)C(=O)N(C)C4=O)C(F)(F)F)cc2C1=O.CN1C(=O)c2ccc(C(C)(c3ccc4c(c3)C(=O)N(C)C4=O)C(F)(F)F)cc2C1=O.Cc1c(C)c(C)c(C)c(C)c1C.Cc1c(C)c(C)c(C)c(C)c1C.N#CN=C=[N-].[Cl-]. The van der Waals surface area contributed by atoms with Crippen molar-refractivity contribution < 1.29 is 101 Å². The number of ether oxygens (including phenoxy) is 1. The average molecular weight is 1900 g/mol. The van der Waals surface area contributed by atoms with Crippen LogP contribution in [-0.4, -0.2) is 207 Å². The van der Waals surface area contributed by atoms with Crippen molar-refractivity contribution in [3.05, 3.63) is 301 Å². The first-order chi connectivity index (χ1) is 62.4. The number of aliphatic imine (C=N–C) groups is 1. The van der Waals surface area contributed by atoms with Crippen molar-refractivity contribution in [1.29, 1.82) is 5.26 Å². The second-order valence-corrected chi connectivity index (χ2v) is 37.2. The number of nitrogens with one attached hydrogen (secondary N) is 3. The number of nitriles is 1. The summed E-state index contributed by atoms with van der Waals surface area (Å²) in [5.74, 6) is -2.32. The molecule has 0 spiro atoms. The normalized spacial score (nSPS) is 13.1. The summed E-state index contributed by atoms with van der Waals surface area (Å²) < 4.78 is 92.9. The number of likely N-dealkylation sites (N-methyl/N-ethyl adjacent to an activating group) is 1. The van der Waals surface area contributed by atoms with E-state index >= 15 is 0 Å². The second kappa shape index (κ2) is 47.3. The molecule has 4 aliphatic heterocycles. The van der Waals surface area contributed by atoms with Crippen LogP contribution in [-0.2, 0) is 31.3 Å². The molecule has 4 heterocycles. The predicted molar refractivity (Wildman–Crippen MR) is 513 cm³/mol. The van der Waals surface area contributed by atoms with Gasteiger partial charge in [0, 0.05) is 59.7 Å². The lowest BCUT2D eigenvalue weighted by Crippen LogP contribution is -3.00. The van der Waals surface area contributed by atoms with E-state index in [1.54, 1.807) is 0 Å². The van der Waals surface area contributed by atoms with Gasteiger partial charge in [-0.2, -0.15) is 31.6 Å². The lowest BCUT2D eigenvalue weighted by Gasteiger charge is -2.33. The molecule has 4 aliphatic rings. The van der Waals surface area contributed by atoms with Crippen LogP contribution in [0.4, 0.5) is 26.3 Å². The molecule has 8 aromatic rings. The minimum absolute atomic E-state index is 0. The van der Waals surface area contributed by atoms with Gasteiger partial charge in [0.05, 0.1) is 84.1 Å². The summed E-state index contributed by atoms with van der Waals surface area (Å²) in [4.78, 5) is 138. The fourth-order valence-electron chi connectivity index (χ4n) is 15.6. The quantitative estimate of drug-likeness (QED) is 0.00832. The number of rotatable bonds is 22. The number of halogens is 7. The van der Waals surface area contributed by atoms with Crippen molar-refractivity contribution in [2.75, 3.05) is 99.4 Å². The second-order valence-electron chi connectivity index (χ2n) is 34.8. The lowest BCUT2D eigenvalue weighted by molar-refractivity contribution is -0.890. The third-order valence-electron chi connectivity index (χ3n) is 25.7. The van der Waals surface area contributed by atoms with Crippen molar-refractivity contribution in [1.82, 2.24) is 35.6 Å². The van der Waals surface area contributed by atoms with Crippen molar-refractivity contribution in [2.45, 2.75) is 161 Å². The molecule has 0 aliphatic carbocycles. The van der Waals surface area contributed by atoms with Gasteiger partial charge in [0.25, 0.3) is 53.2 Å². The van der Waals surface area contributed by atoms with E-state index < -0.39 is 70.4 Å². The van der Waals surface area contributed by atoms with E-state index in [0.29, 0.717) is 26.2 Å². The highest BCUT2D eigenvalue weighted by molar-refractivity contribution is 7.96. The number of alkyl halides is 6. The summed E-state index contributed by atoms with van der Waals surface area (Å²) in [6, 6.07) is 27.1. The molecule has 3 N–H and O–H groups in total. The molecular formula is C104H122ClF6N11O12S. The number of aryl methyl sites for hydroxylation is 4. The van der Waals surface area contributed by atoms with Crippen LogP contribution in [0.1, 0.15) is 231 Å². The first-order valence-electron chi connectivity index (χ1n) is 43.2. The number of benzene rings is 8. The number of quaternary nitrogens is 1. The van der Waals surface area contributed by atoms with Gasteiger partial charge < -0.3 is 48.0 Å². The van der Waals surface area contributed by atoms with E-state index in [1.807, 2.05) is 32.0 Å². The van der Waals surface area contributed by atoms with Crippen molar-refractivity contribution in [2.24, 2.45) is 4.99 Å². The summed E-state index contributed by atoms with van der Waals surface area (Å²) in [5.41, 5.74) is 16.3. The lowest BCUT2D eigenvalue weighted by atomic mass is 9.74. The van der Waals surface area contributed by atoms with E-state index in [1.165, 1.54) is 155 Å². The van der Waals surface area contributed by atoms with Crippen LogP contribution in [0, 0.1) is 122 Å². The number of carbonyl (C=O) groups is 11. The van der Waals surface area contributed by atoms with E-state index in [4.69, 9.17) is 15.4 Å². The molecule has 0 saturated carbocycles. The van der Waals surface area contributed by atoms with Gasteiger partial charge in [0.1, 0.15) is 41.2 Å². The topological polar surface area (TPSA) is 304 Å². The zero-order chi connectivity index (χ0) is 101. The van der Waals surface area contributed by atoms with E-state index in [9.17, 15) is 79.1 Å². The highest BCUT2D eigenvalue weighted by Crippen LogP contribution is 2.50. The molecular weight excluding hydrogens is 1780 g/mol. The van der Waals surface area contributed by atoms with Crippen LogP contribution >= 0.6 is 0 Å². The maximum atomic E-state index is 14.4. The Bertz CT molecular complexity index is 5400. The van der Waals surface area contributed by atoms with Gasteiger partial charge in [-0.1, -0.05) is 72.3 Å². The van der Waals surface area contributed by atoms with Crippen LogP contribution < -0.4 is 33.1 Å². The van der Waals surface area contributed by atoms with Crippen LogP contribution in [0.5, 0.6) is 5.75 Å². The third kappa shape index (κ3) is 26.2.